The number of hydrogen-bond donors (Lipinski definition) is 2. The van der Waals surface area contributed by atoms with E-state index in [1.54, 1.807) is 12.1 Å². The van der Waals surface area contributed by atoms with Gasteiger partial charge in [-0.25, -0.2) is 5.43 Å². The van der Waals surface area contributed by atoms with Gasteiger partial charge < -0.3 is 5.32 Å². The molecule has 0 heterocycles. The van der Waals surface area contributed by atoms with Gasteiger partial charge in [0.05, 0.1) is 11.0 Å². The summed E-state index contributed by atoms with van der Waals surface area (Å²) in [6, 6.07) is 26.2. The molecule has 0 bridgehead atoms. The summed E-state index contributed by atoms with van der Waals surface area (Å²) < 4.78 is 0. The van der Waals surface area contributed by atoms with Crippen molar-refractivity contribution < 1.29 is 9.59 Å². The Morgan fingerprint density at radius 3 is 2.20 bits per heavy atom. The van der Waals surface area contributed by atoms with E-state index in [-0.39, 0.29) is 17.1 Å². The summed E-state index contributed by atoms with van der Waals surface area (Å²) >= 11 is 1.48. The van der Waals surface area contributed by atoms with Gasteiger partial charge in [0, 0.05) is 16.1 Å². The van der Waals surface area contributed by atoms with E-state index in [4.69, 9.17) is 0 Å². The van der Waals surface area contributed by atoms with Crippen molar-refractivity contribution in [1.82, 2.24) is 5.43 Å². The van der Waals surface area contributed by atoms with Crippen LogP contribution in [0.5, 0.6) is 0 Å². The molecule has 3 aromatic rings. The Morgan fingerprint density at radius 1 is 0.867 bits per heavy atom. The van der Waals surface area contributed by atoms with Crippen LogP contribution in [0.25, 0.3) is 0 Å². The Kier molecular flexibility index (Phi) is 7.40. The molecule has 2 amide bonds. The number of hydrazone groups is 1. The third kappa shape index (κ3) is 6.06. The number of nitrogens with zero attached hydrogens (tertiary/aromatic N) is 1. The predicted molar refractivity (Wildman–Crippen MR) is 123 cm³/mol. The van der Waals surface area contributed by atoms with Crippen molar-refractivity contribution in [2.24, 2.45) is 5.10 Å². The molecular weight excluding hydrogens is 394 g/mol. The minimum absolute atomic E-state index is 0.170. The molecule has 3 aromatic carbocycles. The van der Waals surface area contributed by atoms with Gasteiger partial charge in [-0.3, -0.25) is 9.59 Å². The Balaban J connectivity index is 1.61. The lowest BCUT2D eigenvalue weighted by molar-refractivity contribution is -0.120. The first-order chi connectivity index (χ1) is 14.5. The van der Waals surface area contributed by atoms with Crippen molar-refractivity contribution in [3.05, 3.63) is 96.1 Å². The Labute approximate surface area is 180 Å². The van der Waals surface area contributed by atoms with Gasteiger partial charge in [-0.05, 0) is 55.8 Å². The molecule has 3 rings (SSSR count). The summed E-state index contributed by atoms with van der Waals surface area (Å²) in [5.74, 6) is -0.348. The van der Waals surface area contributed by atoms with E-state index in [1.807, 2.05) is 86.6 Å². The number of nitrogens with one attached hydrogen (secondary N) is 2. The molecule has 2 N–H and O–H groups in total. The van der Waals surface area contributed by atoms with E-state index >= 15 is 0 Å². The van der Waals surface area contributed by atoms with Gasteiger partial charge in [-0.1, -0.05) is 48.5 Å². The van der Waals surface area contributed by atoms with Crippen LogP contribution in [0.1, 0.15) is 29.8 Å². The second-order valence-corrected chi connectivity index (χ2v) is 8.06. The van der Waals surface area contributed by atoms with Gasteiger partial charge >= 0.3 is 0 Å². The molecule has 0 unspecified atom stereocenters. The molecule has 152 valence electrons. The van der Waals surface area contributed by atoms with Gasteiger partial charge in [0.1, 0.15) is 0 Å². The number of thioether (sulfide) groups is 1. The van der Waals surface area contributed by atoms with E-state index in [9.17, 15) is 9.59 Å². The SMILES string of the molecule is C/C(=N/NC(=O)[C@H](C)Sc1ccccc1)c1cccc(NC(=O)c2ccccc2)c1. The minimum atomic E-state index is -0.277. The number of carbonyl (C=O) groups is 2. The van der Waals surface area contributed by atoms with Crippen LogP contribution in [0.3, 0.4) is 0 Å². The molecule has 0 aliphatic carbocycles. The van der Waals surface area contributed by atoms with Gasteiger partial charge in [-0.15, -0.1) is 11.8 Å². The fraction of sp³-hybridized carbons (Fsp3) is 0.125. The van der Waals surface area contributed by atoms with Crippen LogP contribution in [0.15, 0.2) is 94.9 Å². The van der Waals surface area contributed by atoms with Gasteiger partial charge in [-0.2, -0.15) is 5.10 Å². The second kappa shape index (κ2) is 10.4. The molecule has 0 aromatic heterocycles. The molecule has 0 radical (unpaired) electrons. The largest absolute Gasteiger partial charge is 0.322 e. The molecule has 5 nitrogen and oxygen atoms in total. The van der Waals surface area contributed by atoms with Crippen molar-refractivity contribution in [3.8, 4) is 0 Å². The van der Waals surface area contributed by atoms with Crippen molar-refractivity contribution in [2.45, 2.75) is 24.0 Å². The van der Waals surface area contributed by atoms with Crippen LogP contribution in [0, 0.1) is 0 Å². The average molecular weight is 418 g/mol. The maximum Gasteiger partial charge on any atom is 0.255 e. The molecule has 0 aliphatic rings. The Hall–Kier alpha value is -3.38. The maximum atomic E-state index is 12.4. The van der Waals surface area contributed by atoms with Crippen molar-refractivity contribution in [2.75, 3.05) is 5.32 Å². The number of anilines is 1. The van der Waals surface area contributed by atoms with Crippen LogP contribution < -0.4 is 10.7 Å². The predicted octanol–water partition coefficient (Wildman–Crippen LogP) is 4.96. The molecule has 0 saturated heterocycles. The molecule has 1 atom stereocenters. The number of carbonyl (C=O) groups excluding carboxylic acids is 2. The van der Waals surface area contributed by atoms with E-state index in [0.29, 0.717) is 17.0 Å². The molecule has 0 spiro atoms. The minimum Gasteiger partial charge on any atom is -0.322 e. The fourth-order valence-corrected chi connectivity index (χ4v) is 3.55. The normalized spacial score (nSPS) is 12.1. The second-order valence-electron chi connectivity index (χ2n) is 6.65. The molecular formula is C24H23N3O2S. The topological polar surface area (TPSA) is 70.6 Å². The van der Waals surface area contributed by atoms with E-state index in [2.05, 4.69) is 15.8 Å². The molecule has 0 fully saturated rings. The highest BCUT2D eigenvalue weighted by Crippen LogP contribution is 2.22. The quantitative estimate of drug-likeness (QED) is 0.324. The Morgan fingerprint density at radius 2 is 1.50 bits per heavy atom. The number of amides is 2. The van der Waals surface area contributed by atoms with Crippen molar-refractivity contribution in [3.63, 3.8) is 0 Å². The average Bonchev–Trinajstić information content (AvgIpc) is 2.78. The van der Waals surface area contributed by atoms with Crippen LogP contribution in [0.4, 0.5) is 5.69 Å². The zero-order chi connectivity index (χ0) is 21.3. The lowest BCUT2D eigenvalue weighted by atomic mass is 10.1. The smallest absolute Gasteiger partial charge is 0.255 e. The highest BCUT2D eigenvalue weighted by atomic mass is 32.2. The first kappa shape index (κ1) is 21.3. The third-order valence-corrected chi connectivity index (χ3v) is 5.45. The zero-order valence-electron chi connectivity index (χ0n) is 16.8. The third-order valence-electron chi connectivity index (χ3n) is 4.33. The van der Waals surface area contributed by atoms with Crippen LogP contribution in [-0.2, 0) is 4.79 Å². The molecule has 0 aliphatic heterocycles. The lowest BCUT2D eigenvalue weighted by Crippen LogP contribution is -2.27. The fourth-order valence-electron chi connectivity index (χ4n) is 2.67. The summed E-state index contributed by atoms with van der Waals surface area (Å²) in [7, 11) is 0. The summed E-state index contributed by atoms with van der Waals surface area (Å²) in [5, 5.41) is 6.83. The maximum absolute atomic E-state index is 12.4. The number of hydrogen-bond acceptors (Lipinski definition) is 4. The van der Waals surface area contributed by atoms with Crippen LogP contribution in [0.2, 0.25) is 0 Å². The first-order valence-electron chi connectivity index (χ1n) is 9.55. The number of rotatable bonds is 7. The van der Waals surface area contributed by atoms with E-state index in [0.717, 1.165) is 10.5 Å². The molecule has 0 saturated carbocycles. The van der Waals surface area contributed by atoms with Crippen molar-refractivity contribution in [1.29, 1.82) is 0 Å². The standard InChI is InChI=1S/C24H23N3O2S/c1-17(26-27-23(28)18(2)30-22-14-7-4-8-15-22)20-12-9-13-21(16-20)25-24(29)19-10-5-3-6-11-19/h3-16,18H,1-2H3,(H,25,29)(H,27,28)/b26-17-/t18-/m0/s1. The summed E-state index contributed by atoms with van der Waals surface area (Å²) in [4.78, 5) is 25.7. The first-order valence-corrected chi connectivity index (χ1v) is 10.4. The highest BCUT2D eigenvalue weighted by Gasteiger charge is 2.14. The molecule has 6 heteroatoms. The zero-order valence-corrected chi connectivity index (χ0v) is 17.6. The number of benzene rings is 3. The summed E-state index contributed by atoms with van der Waals surface area (Å²) in [6.45, 7) is 3.66. The van der Waals surface area contributed by atoms with Gasteiger partial charge in [0.25, 0.3) is 11.8 Å². The Bertz CT molecular complexity index is 1040. The van der Waals surface area contributed by atoms with E-state index < -0.39 is 0 Å². The monoisotopic (exact) mass is 417 g/mol. The summed E-state index contributed by atoms with van der Waals surface area (Å²) in [5.41, 5.74) is 5.34. The van der Waals surface area contributed by atoms with Crippen LogP contribution >= 0.6 is 11.8 Å². The van der Waals surface area contributed by atoms with Gasteiger partial charge in [0.15, 0.2) is 0 Å². The lowest BCUT2D eigenvalue weighted by Gasteiger charge is -2.10. The van der Waals surface area contributed by atoms with Gasteiger partial charge in [0.2, 0.25) is 0 Å². The highest BCUT2D eigenvalue weighted by molar-refractivity contribution is 8.00. The summed E-state index contributed by atoms with van der Waals surface area (Å²) in [6.07, 6.45) is 0. The van der Waals surface area contributed by atoms with Crippen molar-refractivity contribution >= 4 is 35.0 Å². The van der Waals surface area contributed by atoms with E-state index in [1.165, 1.54) is 11.8 Å². The van der Waals surface area contributed by atoms with Crippen LogP contribution in [-0.4, -0.2) is 22.8 Å². The molecule has 30 heavy (non-hydrogen) atoms.